The molecule has 0 spiro atoms. The van der Waals surface area contributed by atoms with Crippen molar-refractivity contribution in [3.8, 4) is 0 Å². The van der Waals surface area contributed by atoms with Gasteiger partial charge in [0.15, 0.2) is 0 Å². The van der Waals surface area contributed by atoms with Crippen molar-refractivity contribution in [1.29, 1.82) is 0 Å². The third-order valence-electron chi connectivity index (χ3n) is 3.44. The molecule has 102 valence electrons. The van der Waals surface area contributed by atoms with E-state index >= 15 is 0 Å². The predicted molar refractivity (Wildman–Crippen MR) is 79.1 cm³/mol. The van der Waals surface area contributed by atoms with Crippen LogP contribution in [0.2, 0.25) is 0 Å². The summed E-state index contributed by atoms with van der Waals surface area (Å²) in [6.45, 7) is 5.22. The van der Waals surface area contributed by atoms with Crippen LogP contribution < -0.4 is 5.32 Å². The molecule has 0 aliphatic rings. The van der Waals surface area contributed by atoms with Gasteiger partial charge in [0.25, 0.3) is 0 Å². The lowest BCUT2D eigenvalue weighted by molar-refractivity contribution is 0.513. The van der Waals surface area contributed by atoms with Crippen molar-refractivity contribution in [1.82, 2.24) is 15.1 Å². The molecule has 2 aromatic rings. The SMILES string of the molecule is CCNC(CCc1ccccc1)c1cn(C)nc1C. The van der Waals surface area contributed by atoms with Gasteiger partial charge in [-0.2, -0.15) is 5.10 Å². The molecule has 0 amide bonds. The largest absolute Gasteiger partial charge is 0.310 e. The first-order valence-electron chi connectivity index (χ1n) is 6.98. The molecule has 3 nitrogen and oxygen atoms in total. The standard InChI is InChI=1S/C16H23N3/c1-4-17-16(15-12-19(3)18-13(15)2)11-10-14-8-6-5-7-9-14/h5-9,12,16-17H,4,10-11H2,1-3H3. The van der Waals surface area contributed by atoms with Crippen molar-refractivity contribution in [3.63, 3.8) is 0 Å². The van der Waals surface area contributed by atoms with Crippen LogP contribution in [0.25, 0.3) is 0 Å². The highest BCUT2D eigenvalue weighted by atomic mass is 15.3. The van der Waals surface area contributed by atoms with Gasteiger partial charge in [0.1, 0.15) is 0 Å². The molecule has 0 radical (unpaired) electrons. The molecule has 0 aliphatic carbocycles. The third-order valence-corrected chi connectivity index (χ3v) is 3.44. The zero-order valence-corrected chi connectivity index (χ0v) is 12.1. The summed E-state index contributed by atoms with van der Waals surface area (Å²) in [6, 6.07) is 11.0. The lowest BCUT2D eigenvalue weighted by Crippen LogP contribution is -2.21. The molecular weight excluding hydrogens is 234 g/mol. The summed E-state index contributed by atoms with van der Waals surface area (Å²) in [6.07, 6.45) is 4.32. The Morgan fingerprint density at radius 1 is 1.26 bits per heavy atom. The highest BCUT2D eigenvalue weighted by Crippen LogP contribution is 2.21. The Balaban J connectivity index is 2.06. The molecular formula is C16H23N3. The van der Waals surface area contributed by atoms with Crippen molar-refractivity contribution in [2.45, 2.75) is 32.7 Å². The van der Waals surface area contributed by atoms with Crippen molar-refractivity contribution in [3.05, 3.63) is 53.3 Å². The Kier molecular flexibility index (Phi) is 4.74. The summed E-state index contributed by atoms with van der Waals surface area (Å²) in [5.41, 5.74) is 3.84. The Labute approximate surface area is 115 Å². The maximum atomic E-state index is 4.45. The number of nitrogens with one attached hydrogen (secondary N) is 1. The first-order chi connectivity index (χ1) is 9.20. The topological polar surface area (TPSA) is 29.9 Å². The summed E-state index contributed by atoms with van der Waals surface area (Å²) in [5.74, 6) is 0. The number of benzene rings is 1. The molecule has 1 N–H and O–H groups in total. The van der Waals surface area contributed by atoms with E-state index in [1.807, 2.05) is 11.7 Å². The van der Waals surface area contributed by atoms with E-state index in [1.54, 1.807) is 0 Å². The summed E-state index contributed by atoms with van der Waals surface area (Å²) >= 11 is 0. The first kappa shape index (κ1) is 13.8. The molecule has 2 rings (SSSR count). The molecule has 0 bridgehead atoms. The fraction of sp³-hybridized carbons (Fsp3) is 0.438. The van der Waals surface area contributed by atoms with Crippen molar-refractivity contribution < 1.29 is 0 Å². The molecule has 1 aromatic carbocycles. The lowest BCUT2D eigenvalue weighted by atomic mass is 9.99. The number of aromatic nitrogens is 2. The second-order valence-electron chi connectivity index (χ2n) is 4.98. The Hall–Kier alpha value is -1.61. The molecule has 0 saturated carbocycles. The molecule has 1 unspecified atom stereocenters. The minimum atomic E-state index is 0.388. The average molecular weight is 257 g/mol. The minimum Gasteiger partial charge on any atom is -0.310 e. The highest BCUT2D eigenvalue weighted by molar-refractivity contribution is 5.21. The van der Waals surface area contributed by atoms with Gasteiger partial charge in [-0.1, -0.05) is 37.3 Å². The van der Waals surface area contributed by atoms with Crippen LogP contribution in [0.4, 0.5) is 0 Å². The maximum absolute atomic E-state index is 4.45. The minimum absolute atomic E-state index is 0.388. The summed E-state index contributed by atoms with van der Waals surface area (Å²) < 4.78 is 1.90. The smallest absolute Gasteiger partial charge is 0.0641 e. The maximum Gasteiger partial charge on any atom is 0.0641 e. The van der Waals surface area contributed by atoms with Crippen molar-refractivity contribution in [2.24, 2.45) is 7.05 Å². The molecule has 0 fully saturated rings. The lowest BCUT2D eigenvalue weighted by Gasteiger charge is -2.17. The van der Waals surface area contributed by atoms with E-state index in [0.717, 1.165) is 25.1 Å². The number of nitrogens with zero attached hydrogens (tertiary/aromatic N) is 2. The van der Waals surface area contributed by atoms with Gasteiger partial charge in [0.2, 0.25) is 0 Å². The monoisotopic (exact) mass is 257 g/mol. The summed E-state index contributed by atoms with van der Waals surface area (Å²) in [4.78, 5) is 0. The Morgan fingerprint density at radius 2 is 2.00 bits per heavy atom. The number of hydrogen-bond acceptors (Lipinski definition) is 2. The number of hydrogen-bond donors (Lipinski definition) is 1. The Bertz CT molecular complexity index is 502. The van der Waals surface area contributed by atoms with Gasteiger partial charge in [-0.3, -0.25) is 4.68 Å². The normalized spacial score (nSPS) is 12.6. The molecule has 1 aromatic heterocycles. The van der Waals surface area contributed by atoms with E-state index in [4.69, 9.17) is 0 Å². The predicted octanol–water partition coefficient (Wildman–Crippen LogP) is 3.01. The van der Waals surface area contributed by atoms with Crippen LogP contribution in [0.5, 0.6) is 0 Å². The van der Waals surface area contributed by atoms with Gasteiger partial charge in [-0.25, -0.2) is 0 Å². The van der Waals surface area contributed by atoms with Crippen molar-refractivity contribution >= 4 is 0 Å². The molecule has 3 heteroatoms. The van der Waals surface area contributed by atoms with Crippen LogP contribution in [0.15, 0.2) is 36.5 Å². The van der Waals surface area contributed by atoms with Gasteiger partial charge < -0.3 is 5.32 Å². The van der Waals surface area contributed by atoms with Crippen LogP contribution in [0, 0.1) is 6.92 Å². The number of aryl methyl sites for hydroxylation is 3. The van der Waals surface area contributed by atoms with Crippen LogP contribution in [-0.4, -0.2) is 16.3 Å². The van der Waals surface area contributed by atoms with Crippen molar-refractivity contribution in [2.75, 3.05) is 6.54 Å². The zero-order chi connectivity index (χ0) is 13.7. The van der Waals surface area contributed by atoms with E-state index < -0.39 is 0 Å². The van der Waals surface area contributed by atoms with Crippen LogP contribution in [0.1, 0.15) is 36.2 Å². The third kappa shape index (κ3) is 3.67. The quantitative estimate of drug-likeness (QED) is 0.862. The molecule has 0 saturated heterocycles. The fourth-order valence-electron chi connectivity index (χ4n) is 2.53. The van der Waals surface area contributed by atoms with E-state index in [1.165, 1.54) is 11.1 Å². The fourth-order valence-corrected chi connectivity index (χ4v) is 2.53. The molecule has 1 heterocycles. The first-order valence-corrected chi connectivity index (χ1v) is 6.98. The van der Waals surface area contributed by atoms with Gasteiger partial charge in [0.05, 0.1) is 5.69 Å². The second kappa shape index (κ2) is 6.53. The highest BCUT2D eigenvalue weighted by Gasteiger charge is 2.15. The van der Waals surface area contributed by atoms with E-state index in [2.05, 4.69) is 60.8 Å². The average Bonchev–Trinajstić information content (AvgIpc) is 2.75. The summed E-state index contributed by atoms with van der Waals surface area (Å²) in [7, 11) is 1.98. The zero-order valence-electron chi connectivity index (χ0n) is 12.1. The van der Waals surface area contributed by atoms with E-state index in [-0.39, 0.29) is 0 Å². The van der Waals surface area contributed by atoms with E-state index in [9.17, 15) is 0 Å². The van der Waals surface area contributed by atoms with Crippen LogP contribution in [-0.2, 0) is 13.5 Å². The molecule has 19 heavy (non-hydrogen) atoms. The van der Waals surface area contributed by atoms with Crippen LogP contribution in [0.3, 0.4) is 0 Å². The van der Waals surface area contributed by atoms with E-state index in [0.29, 0.717) is 6.04 Å². The Morgan fingerprint density at radius 3 is 2.58 bits per heavy atom. The number of rotatable bonds is 6. The molecule has 0 aliphatic heterocycles. The van der Waals surface area contributed by atoms with Gasteiger partial charge in [0, 0.05) is 24.8 Å². The second-order valence-corrected chi connectivity index (χ2v) is 4.98. The summed E-state index contributed by atoms with van der Waals surface area (Å²) in [5, 5.41) is 8.02. The molecule has 1 atom stereocenters. The van der Waals surface area contributed by atoms with Crippen LogP contribution >= 0.6 is 0 Å². The van der Waals surface area contributed by atoms with Gasteiger partial charge in [-0.05, 0) is 31.9 Å². The van der Waals surface area contributed by atoms with Gasteiger partial charge >= 0.3 is 0 Å². The van der Waals surface area contributed by atoms with Gasteiger partial charge in [-0.15, -0.1) is 0 Å².